The zero-order valence-corrected chi connectivity index (χ0v) is 16.4. The normalized spacial score (nSPS) is 13.7. The quantitative estimate of drug-likeness (QED) is 0.723. The topological polar surface area (TPSA) is 65.5 Å². The van der Waals surface area contributed by atoms with Gasteiger partial charge in [-0.05, 0) is 61.4 Å². The highest BCUT2D eigenvalue weighted by molar-refractivity contribution is 6.06. The van der Waals surface area contributed by atoms with Crippen molar-refractivity contribution in [1.29, 1.82) is 0 Å². The van der Waals surface area contributed by atoms with Crippen LogP contribution in [-0.2, 0) is 0 Å². The van der Waals surface area contributed by atoms with Crippen molar-refractivity contribution in [3.05, 3.63) is 83.6 Å². The maximum Gasteiger partial charge on any atom is 0.330 e. The number of nitrogens with zero attached hydrogens (tertiary/aromatic N) is 3. The van der Waals surface area contributed by atoms with Crippen molar-refractivity contribution < 1.29 is 9.59 Å². The minimum absolute atomic E-state index is 0.101. The van der Waals surface area contributed by atoms with Gasteiger partial charge in [-0.3, -0.25) is 14.6 Å². The highest BCUT2D eigenvalue weighted by atomic mass is 16.2. The number of urea groups is 1. The van der Waals surface area contributed by atoms with Gasteiger partial charge in [0.05, 0.1) is 11.9 Å². The number of carbonyl (C=O) groups excluding carboxylic acids is 2. The molecule has 0 unspecified atom stereocenters. The van der Waals surface area contributed by atoms with Gasteiger partial charge in [0, 0.05) is 24.3 Å². The molecule has 0 aliphatic carbocycles. The van der Waals surface area contributed by atoms with Crippen LogP contribution in [0.3, 0.4) is 0 Å². The van der Waals surface area contributed by atoms with Crippen molar-refractivity contribution in [3.63, 3.8) is 0 Å². The summed E-state index contributed by atoms with van der Waals surface area (Å²) in [5.74, 6) is 0.382. The van der Waals surface area contributed by atoms with Crippen LogP contribution in [0.1, 0.15) is 21.5 Å². The molecular formula is C23H22N4O2. The minimum atomic E-state index is -0.185. The van der Waals surface area contributed by atoms with E-state index in [1.165, 1.54) is 0 Å². The van der Waals surface area contributed by atoms with E-state index in [1.54, 1.807) is 34.2 Å². The zero-order valence-electron chi connectivity index (χ0n) is 16.4. The maximum absolute atomic E-state index is 12.8. The van der Waals surface area contributed by atoms with Crippen LogP contribution in [0.4, 0.5) is 22.0 Å². The first-order chi connectivity index (χ1) is 14.0. The van der Waals surface area contributed by atoms with Crippen molar-refractivity contribution in [2.75, 3.05) is 28.2 Å². The Kier molecular flexibility index (Phi) is 4.99. The number of anilines is 3. The second-order valence-corrected chi connectivity index (χ2v) is 7.08. The molecule has 2 heterocycles. The van der Waals surface area contributed by atoms with E-state index in [0.29, 0.717) is 30.2 Å². The second kappa shape index (κ2) is 7.75. The lowest BCUT2D eigenvalue weighted by molar-refractivity contribution is 0.102. The molecule has 29 heavy (non-hydrogen) atoms. The molecule has 1 fully saturated rings. The molecule has 6 heteroatoms. The summed E-state index contributed by atoms with van der Waals surface area (Å²) >= 11 is 0. The van der Waals surface area contributed by atoms with E-state index < -0.39 is 0 Å². The molecule has 1 N–H and O–H groups in total. The SMILES string of the molecule is Cc1ccc(C(=O)Nc2ccc(N3CCN(c4ccccc4)C3=O)nc2)cc1C. The third-order valence-electron chi connectivity index (χ3n) is 5.13. The number of hydrogen-bond donors (Lipinski definition) is 1. The molecule has 4 rings (SSSR count). The fourth-order valence-electron chi connectivity index (χ4n) is 3.30. The Balaban J connectivity index is 1.45. The zero-order chi connectivity index (χ0) is 20.4. The van der Waals surface area contributed by atoms with Crippen molar-refractivity contribution >= 4 is 29.1 Å². The Bertz CT molecular complexity index is 1050. The van der Waals surface area contributed by atoms with E-state index in [4.69, 9.17) is 0 Å². The smallest absolute Gasteiger partial charge is 0.321 e. The molecule has 1 aromatic heterocycles. The van der Waals surface area contributed by atoms with Crippen LogP contribution in [0.2, 0.25) is 0 Å². The van der Waals surface area contributed by atoms with Crippen LogP contribution in [0.5, 0.6) is 0 Å². The summed E-state index contributed by atoms with van der Waals surface area (Å²) in [6.45, 7) is 5.16. The lowest BCUT2D eigenvalue weighted by Gasteiger charge is -2.18. The van der Waals surface area contributed by atoms with E-state index in [-0.39, 0.29) is 11.9 Å². The number of pyridine rings is 1. The van der Waals surface area contributed by atoms with Gasteiger partial charge in [0.25, 0.3) is 5.91 Å². The van der Waals surface area contributed by atoms with Gasteiger partial charge in [0.2, 0.25) is 0 Å². The van der Waals surface area contributed by atoms with Crippen molar-refractivity contribution in [1.82, 2.24) is 4.98 Å². The lowest BCUT2D eigenvalue weighted by Crippen LogP contribution is -2.32. The highest BCUT2D eigenvalue weighted by Gasteiger charge is 2.31. The summed E-state index contributed by atoms with van der Waals surface area (Å²) in [5, 5.41) is 2.85. The molecular weight excluding hydrogens is 364 g/mol. The van der Waals surface area contributed by atoms with Gasteiger partial charge in [-0.1, -0.05) is 24.3 Å². The Hall–Kier alpha value is -3.67. The molecule has 1 aliphatic rings. The minimum Gasteiger partial charge on any atom is -0.321 e. The first-order valence-corrected chi connectivity index (χ1v) is 9.52. The molecule has 2 aromatic carbocycles. The van der Waals surface area contributed by atoms with Crippen LogP contribution >= 0.6 is 0 Å². The number of nitrogens with one attached hydrogen (secondary N) is 1. The molecule has 0 bridgehead atoms. The Labute approximate surface area is 169 Å². The molecule has 1 saturated heterocycles. The molecule has 3 aromatic rings. The van der Waals surface area contributed by atoms with E-state index in [1.807, 2.05) is 56.3 Å². The summed E-state index contributed by atoms with van der Waals surface area (Å²) in [6, 6.07) is 18.6. The number of benzene rings is 2. The summed E-state index contributed by atoms with van der Waals surface area (Å²) in [6.07, 6.45) is 1.58. The predicted molar refractivity (Wildman–Crippen MR) is 115 cm³/mol. The summed E-state index contributed by atoms with van der Waals surface area (Å²) in [5.41, 5.74) is 4.28. The molecule has 0 radical (unpaired) electrons. The molecule has 0 atom stereocenters. The number of amides is 3. The summed E-state index contributed by atoms with van der Waals surface area (Å²) in [4.78, 5) is 33.0. The van der Waals surface area contributed by atoms with Gasteiger partial charge in [0.15, 0.2) is 0 Å². The summed E-state index contributed by atoms with van der Waals surface area (Å²) < 4.78 is 0. The van der Waals surface area contributed by atoms with E-state index in [9.17, 15) is 9.59 Å². The van der Waals surface area contributed by atoms with Gasteiger partial charge in [-0.15, -0.1) is 0 Å². The third kappa shape index (κ3) is 3.82. The summed E-state index contributed by atoms with van der Waals surface area (Å²) in [7, 11) is 0. The Morgan fingerprint density at radius 2 is 1.69 bits per heavy atom. The molecule has 6 nitrogen and oxygen atoms in total. The van der Waals surface area contributed by atoms with E-state index in [0.717, 1.165) is 16.8 Å². The number of aryl methyl sites for hydroxylation is 2. The number of rotatable bonds is 4. The monoisotopic (exact) mass is 386 g/mol. The van der Waals surface area contributed by atoms with E-state index in [2.05, 4.69) is 10.3 Å². The molecule has 0 saturated carbocycles. The largest absolute Gasteiger partial charge is 0.330 e. The molecule has 146 valence electrons. The Morgan fingerprint density at radius 3 is 2.38 bits per heavy atom. The van der Waals surface area contributed by atoms with Crippen LogP contribution in [0.15, 0.2) is 66.9 Å². The fourth-order valence-corrected chi connectivity index (χ4v) is 3.30. The van der Waals surface area contributed by atoms with Crippen LogP contribution in [-0.4, -0.2) is 30.0 Å². The van der Waals surface area contributed by atoms with Gasteiger partial charge >= 0.3 is 6.03 Å². The average Bonchev–Trinajstić information content (AvgIpc) is 3.12. The van der Waals surface area contributed by atoms with Crippen molar-refractivity contribution in [3.8, 4) is 0 Å². The third-order valence-corrected chi connectivity index (χ3v) is 5.13. The Morgan fingerprint density at radius 1 is 0.931 bits per heavy atom. The van der Waals surface area contributed by atoms with Crippen LogP contribution < -0.4 is 15.1 Å². The fraction of sp³-hybridized carbons (Fsp3) is 0.174. The number of carbonyl (C=O) groups is 2. The second-order valence-electron chi connectivity index (χ2n) is 7.08. The van der Waals surface area contributed by atoms with Crippen molar-refractivity contribution in [2.45, 2.75) is 13.8 Å². The van der Waals surface area contributed by atoms with E-state index >= 15 is 0 Å². The van der Waals surface area contributed by atoms with Crippen LogP contribution in [0.25, 0.3) is 0 Å². The lowest BCUT2D eigenvalue weighted by atomic mass is 10.1. The van der Waals surface area contributed by atoms with Gasteiger partial charge in [-0.2, -0.15) is 0 Å². The van der Waals surface area contributed by atoms with Gasteiger partial charge in [-0.25, -0.2) is 9.78 Å². The first kappa shape index (κ1) is 18.7. The number of hydrogen-bond acceptors (Lipinski definition) is 3. The molecule has 3 amide bonds. The standard InChI is InChI=1S/C23H22N4O2/c1-16-8-9-18(14-17(16)2)22(28)25-19-10-11-21(24-15-19)27-13-12-26(23(27)29)20-6-4-3-5-7-20/h3-11,14-15H,12-13H2,1-2H3,(H,25,28). The predicted octanol–water partition coefficient (Wildman–Crippen LogP) is 4.40. The average molecular weight is 386 g/mol. The maximum atomic E-state index is 12.8. The van der Waals surface area contributed by atoms with Crippen molar-refractivity contribution in [2.24, 2.45) is 0 Å². The molecule has 1 aliphatic heterocycles. The first-order valence-electron chi connectivity index (χ1n) is 9.52. The number of aromatic nitrogens is 1. The molecule has 0 spiro atoms. The van der Waals surface area contributed by atoms with Gasteiger partial charge < -0.3 is 5.32 Å². The highest BCUT2D eigenvalue weighted by Crippen LogP contribution is 2.24. The number of para-hydroxylation sites is 1. The van der Waals surface area contributed by atoms with Crippen LogP contribution in [0, 0.1) is 13.8 Å². The van der Waals surface area contributed by atoms with Gasteiger partial charge in [0.1, 0.15) is 5.82 Å².